The zero-order valence-electron chi connectivity index (χ0n) is 10.6. The molecule has 0 heterocycles. The summed E-state index contributed by atoms with van der Waals surface area (Å²) < 4.78 is 0. The van der Waals surface area contributed by atoms with Gasteiger partial charge in [0.1, 0.15) is 0 Å². The highest BCUT2D eigenvalue weighted by molar-refractivity contribution is 5.80. The van der Waals surface area contributed by atoms with Gasteiger partial charge in [0, 0.05) is 12.6 Å². The highest BCUT2D eigenvalue weighted by atomic mass is 16.1. The predicted octanol–water partition coefficient (Wildman–Crippen LogP) is 1.52. The summed E-state index contributed by atoms with van der Waals surface area (Å²) in [4.78, 5) is 12.1. The van der Waals surface area contributed by atoms with Crippen LogP contribution in [0.25, 0.3) is 0 Å². The SMILES string of the molecule is CC(C)(C)CNC(=O)C1C2CCC(C2)C1N. The molecule has 0 aromatic rings. The van der Waals surface area contributed by atoms with Crippen LogP contribution in [0.15, 0.2) is 0 Å². The summed E-state index contributed by atoms with van der Waals surface area (Å²) in [5.74, 6) is 1.44. The first kappa shape index (κ1) is 11.9. The number of nitrogens with one attached hydrogen (secondary N) is 1. The van der Waals surface area contributed by atoms with Crippen LogP contribution < -0.4 is 11.1 Å². The number of amides is 1. The van der Waals surface area contributed by atoms with Crippen molar-refractivity contribution in [1.29, 1.82) is 0 Å². The van der Waals surface area contributed by atoms with Crippen molar-refractivity contribution in [2.45, 2.75) is 46.1 Å². The molecule has 2 fully saturated rings. The van der Waals surface area contributed by atoms with E-state index in [1.54, 1.807) is 0 Å². The van der Waals surface area contributed by atoms with E-state index in [0.29, 0.717) is 11.8 Å². The third kappa shape index (κ3) is 2.24. The molecule has 3 heteroatoms. The van der Waals surface area contributed by atoms with E-state index in [0.717, 1.165) is 6.54 Å². The Morgan fingerprint density at radius 1 is 1.31 bits per heavy atom. The zero-order valence-corrected chi connectivity index (χ0v) is 10.6. The summed E-state index contributed by atoms with van der Waals surface area (Å²) in [7, 11) is 0. The van der Waals surface area contributed by atoms with E-state index in [9.17, 15) is 4.79 Å². The van der Waals surface area contributed by atoms with Crippen molar-refractivity contribution in [1.82, 2.24) is 5.32 Å². The quantitative estimate of drug-likeness (QED) is 0.747. The lowest BCUT2D eigenvalue weighted by Gasteiger charge is -2.28. The molecule has 2 saturated carbocycles. The van der Waals surface area contributed by atoms with Crippen molar-refractivity contribution in [3.8, 4) is 0 Å². The molecule has 2 aliphatic rings. The van der Waals surface area contributed by atoms with Gasteiger partial charge in [0.25, 0.3) is 0 Å². The summed E-state index contributed by atoms with van der Waals surface area (Å²) in [6.07, 6.45) is 3.61. The molecule has 2 bridgehead atoms. The smallest absolute Gasteiger partial charge is 0.224 e. The van der Waals surface area contributed by atoms with Crippen LogP contribution in [0.2, 0.25) is 0 Å². The molecule has 92 valence electrons. The van der Waals surface area contributed by atoms with Crippen LogP contribution in [0.1, 0.15) is 40.0 Å². The van der Waals surface area contributed by atoms with E-state index >= 15 is 0 Å². The number of carbonyl (C=O) groups is 1. The van der Waals surface area contributed by atoms with Crippen molar-refractivity contribution in [2.24, 2.45) is 28.9 Å². The fourth-order valence-electron chi connectivity index (χ4n) is 3.19. The lowest BCUT2D eigenvalue weighted by atomic mass is 9.84. The largest absolute Gasteiger partial charge is 0.355 e. The van der Waals surface area contributed by atoms with Gasteiger partial charge in [0.05, 0.1) is 5.92 Å². The Bertz CT molecular complexity index is 280. The summed E-state index contributed by atoms with van der Waals surface area (Å²) in [5, 5.41) is 3.06. The fraction of sp³-hybridized carbons (Fsp3) is 0.923. The molecule has 0 saturated heterocycles. The molecule has 1 amide bonds. The third-order valence-corrected chi connectivity index (χ3v) is 4.08. The maximum atomic E-state index is 12.1. The average Bonchev–Trinajstić information content (AvgIpc) is 2.73. The minimum Gasteiger partial charge on any atom is -0.355 e. The van der Waals surface area contributed by atoms with Crippen LogP contribution in [-0.4, -0.2) is 18.5 Å². The Labute approximate surface area is 98.2 Å². The minimum atomic E-state index is 0.0844. The van der Waals surface area contributed by atoms with Crippen LogP contribution >= 0.6 is 0 Å². The maximum absolute atomic E-state index is 12.1. The fourth-order valence-corrected chi connectivity index (χ4v) is 3.19. The molecule has 2 rings (SSSR count). The second-order valence-electron chi connectivity index (χ2n) is 6.71. The van der Waals surface area contributed by atoms with Crippen molar-refractivity contribution in [2.75, 3.05) is 6.54 Å². The summed E-state index contributed by atoms with van der Waals surface area (Å²) in [5.41, 5.74) is 6.29. The van der Waals surface area contributed by atoms with Gasteiger partial charge in [-0.2, -0.15) is 0 Å². The van der Waals surface area contributed by atoms with Crippen LogP contribution in [0, 0.1) is 23.2 Å². The normalized spacial score (nSPS) is 37.8. The first-order valence-electron chi connectivity index (χ1n) is 6.42. The van der Waals surface area contributed by atoms with Gasteiger partial charge < -0.3 is 11.1 Å². The molecule has 0 aromatic heterocycles. The predicted molar refractivity (Wildman–Crippen MR) is 64.8 cm³/mol. The lowest BCUT2D eigenvalue weighted by Crippen LogP contribution is -2.46. The van der Waals surface area contributed by atoms with Gasteiger partial charge >= 0.3 is 0 Å². The Balaban J connectivity index is 1.91. The minimum absolute atomic E-state index is 0.0844. The topological polar surface area (TPSA) is 55.1 Å². The van der Waals surface area contributed by atoms with Gasteiger partial charge in [-0.3, -0.25) is 4.79 Å². The monoisotopic (exact) mass is 224 g/mol. The number of nitrogens with two attached hydrogens (primary N) is 1. The molecule has 4 unspecified atom stereocenters. The number of fused-ring (bicyclic) bond motifs is 2. The number of carbonyl (C=O) groups excluding carboxylic acids is 1. The molecule has 4 atom stereocenters. The number of hydrogen-bond acceptors (Lipinski definition) is 2. The Hall–Kier alpha value is -0.570. The molecule has 0 radical (unpaired) electrons. The molecule has 0 aliphatic heterocycles. The molecule has 16 heavy (non-hydrogen) atoms. The van der Waals surface area contributed by atoms with Crippen molar-refractivity contribution in [3.63, 3.8) is 0 Å². The Morgan fingerprint density at radius 2 is 1.94 bits per heavy atom. The van der Waals surface area contributed by atoms with Crippen LogP contribution in [-0.2, 0) is 4.79 Å². The van der Waals surface area contributed by atoms with E-state index in [1.807, 2.05) is 0 Å². The number of hydrogen-bond donors (Lipinski definition) is 2. The molecular formula is C13H24N2O. The van der Waals surface area contributed by atoms with E-state index in [-0.39, 0.29) is 23.3 Å². The van der Waals surface area contributed by atoms with Crippen molar-refractivity contribution < 1.29 is 4.79 Å². The highest BCUT2D eigenvalue weighted by Crippen LogP contribution is 2.47. The van der Waals surface area contributed by atoms with Crippen molar-refractivity contribution in [3.05, 3.63) is 0 Å². The molecule has 0 spiro atoms. The molecule has 3 nitrogen and oxygen atoms in total. The first-order valence-corrected chi connectivity index (χ1v) is 6.42. The standard InChI is InChI=1S/C13H24N2O/c1-13(2,3)7-15-12(16)10-8-4-5-9(6-8)11(10)14/h8-11H,4-7,14H2,1-3H3,(H,15,16). The van der Waals surface area contributed by atoms with E-state index in [2.05, 4.69) is 26.1 Å². The molecule has 0 aromatic carbocycles. The van der Waals surface area contributed by atoms with E-state index < -0.39 is 0 Å². The van der Waals surface area contributed by atoms with Crippen LogP contribution in [0.5, 0.6) is 0 Å². The Kier molecular flexibility index (Phi) is 2.99. The van der Waals surface area contributed by atoms with Crippen LogP contribution in [0.3, 0.4) is 0 Å². The van der Waals surface area contributed by atoms with Crippen molar-refractivity contribution >= 4 is 5.91 Å². The van der Waals surface area contributed by atoms with Crippen LogP contribution in [0.4, 0.5) is 0 Å². The third-order valence-electron chi connectivity index (χ3n) is 4.08. The van der Waals surface area contributed by atoms with Gasteiger partial charge in [0.15, 0.2) is 0 Å². The second kappa shape index (κ2) is 4.02. The van der Waals surface area contributed by atoms with Gasteiger partial charge in [-0.1, -0.05) is 20.8 Å². The molecule has 2 aliphatic carbocycles. The lowest BCUT2D eigenvalue weighted by molar-refractivity contribution is -0.127. The summed E-state index contributed by atoms with van der Waals surface area (Å²) in [6.45, 7) is 7.14. The molecule has 3 N–H and O–H groups in total. The van der Waals surface area contributed by atoms with Gasteiger partial charge in [-0.05, 0) is 36.5 Å². The Morgan fingerprint density at radius 3 is 2.44 bits per heavy atom. The van der Waals surface area contributed by atoms with E-state index in [4.69, 9.17) is 5.73 Å². The highest BCUT2D eigenvalue weighted by Gasteiger charge is 2.48. The summed E-state index contributed by atoms with van der Waals surface area (Å²) >= 11 is 0. The number of rotatable bonds is 2. The zero-order chi connectivity index (χ0) is 11.9. The van der Waals surface area contributed by atoms with Gasteiger partial charge in [-0.15, -0.1) is 0 Å². The maximum Gasteiger partial charge on any atom is 0.224 e. The second-order valence-corrected chi connectivity index (χ2v) is 6.71. The van der Waals surface area contributed by atoms with Gasteiger partial charge in [-0.25, -0.2) is 0 Å². The van der Waals surface area contributed by atoms with Gasteiger partial charge in [0.2, 0.25) is 5.91 Å². The first-order chi connectivity index (χ1) is 7.38. The average molecular weight is 224 g/mol. The van der Waals surface area contributed by atoms with E-state index in [1.165, 1.54) is 19.3 Å². The molecular weight excluding hydrogens is 200 g/mol. The summed E-state index contributed by atoms with van der Waals surface area (Å²) in [6, 6.07) is 0.110.